The zero-order chi connectivity index (χ0) is 10.1. The van der Waals surface area contributed by atoms with Gasteiger partial charge in [-0.3, -0.25) is 4.98 Å². The molecule has 0 amide bonds. The second-order valence-electron chi connectivity index (χ2n) is 2.61. The van der Waals surface area contributed by atoms with Crippen LogP contribution in [0, 0.1) is 0 Å². The summed E-state index contributed by atoms with van der Waals surface area (Å²) < 4.78 is 1.16. The first-order chi connectivity index (χ1) is 6.68. The molecule has 7 heteroatoms. The molecule has 72 valence electrons. The Kier molecular flexibility index (Phi) is 1.97. The van der Waals surface area contributed by atoms with Crippen LogP contribution in [0.3, 0.4) is 0 Å². The molecule has 0 bridgehead atoms. The van der Waals surface area contributed by atoms with Crippen molar-refractivity contribution in [3.05, 3.63) is 23.4 Å². The SMILES string of the molecule is Nc1nnc(-c2ccc(Cl)cn2)n1N. The molecule has 0 aliphatic heterocycles. The zero-order valence-corrected chi connectivity index (χ0v) is 7.81. The minimum absolute atomic E-state index is 0.136. The fourth-order valence-electron chi connectivity index (χ4n) is 0.986. The van der Waals surface area contributed by atoms with Crippen LogP contribution in [0.1, 0.15) is 0 Å². The van der Waals surface area contributed by atoms with Crippen LogP contribution in [0.15, 0.2) is 18.3 Å². The van der Waals surface area contributed by atoms with Crippen LogP contribution < -0.4 is 11.6 Å². The van der Waals surface area contributed by atoms with Gasteiger partial charge in [0.05, 0.1) is 5.02 Å². The molecule has 0 aromatic carbocycles. The minimum atomic E-state index is 0.136. The molecule has 0 aliphatic carbocycles. The maximum absolute atomic E-state index is 5.68. The lowest BCUT2D eigenvalue weighted by molar-refractivity contribution is 1.01. The molecule has 0 fully saturated rings. The lowest BCUT2D eigenvalue weighted by Gasteiger charge is -1.99. The van der Waals surface area contributed by atoms with Crippen molar-refractivity contribution in [2.24, 2.45) is 0 Å². The molecule has 2 rings (SSSR count). The van der Waals surface area contributed by atoms with E-state index in [2.05, 4.69) is 15.2 Å². The number of aromatic nitrogens is 4. The zero-order valence-electron chi connectivity index (χ0n) is 7.05. The standard InChI is InChI=1S/C7H7ClN6/c8-4-1-2-5(11-3-4)6-12-13-7(9)14(6)10/h1-3H,10H2,(H2,9,13). The molecule has 6 nitrogen and oxygen atoms in total. The number of nitrogen functional groups attached to an aromatic ring is 2. The van der Waals surface area contributed by atoms with Crippen molar-refractivity contribution in [3.8, 4) is 11.5 Å². The molecule has 0 radical (unpaired) electrons. The molecule has 4 N–H and O–H groups in total. The van der Waals surface area contributed by atoms with E-state index in [1.165, 1.54) is 6.20 Å². The Morgan fingerprint density at radius 2 is 2.07 bits per heavy atom. The second-order valence-corrected chi connectivity index (χ2v) is 3.05. The van der Waals surface area contributed by atoms with Crippen molar-refractivity contribution in [3.63, 3.8) is 0 Å². The van der Waals surface area contributed by atoms with Crippen molar-refractivity contribution in [1.82, 2.24) is 19.9 Å². The topological polar surface area (TPSA) is 95.6 Å². The molecular weight excluding hydrogens is 204 g/mol. The van der Waals surface area contributed by atoms with E-state index in [-0.39, 0.29) is 5.95 Å². The van der Waals surface area contributed by atoms with Crippen molar-refractivity contribution in [2.45, 2.75) is 0 Å². The first-order valence-electron chi connectivity index (χ1n) is 3.76. The molecular formula is C7H7ClN6. The molecule has 2 aromatic heterocycles. The average molecular weight is 211 g/mol. The molecule has 2 heterocycles. The highest BCUT2D eigenvalue weighted by Gasteiger charge is 2.09. The van der Waals surface area contributed by atoms with E-state index < -0.39 is 0 Å². The maximum atomic E-state index is 5.68. The summed E-state index contributed by atoms with van der Waals surface area (Å²) in [6, 6.07) is 3.38. The van der Waals surface area contributed by atoms with E-state index in [9.17, 15) is 0 Å². The van der Waals surface area contributed by atoms with Gasteiger partial charge in [0.2, 0.25) is 11.8 Å². The average Bonchev–Trinajstić information content (AvgIpc) is 2.50. The summed E-state index contributed by atoms with van der Waals surface area (Å²) in [6.07, 6.45) is 1.50. The largest absolute Gasteiger partial charge is 0.366 e. The van der Waals surface area contributed by atoms with Crippen molar-refractivity contribution >= 4 is 17.5 Å². The van der Waals surface area contributed by atoms with E-state index in [1.807, 2.05) is 0 Å². The lowest BCUT2D eigenvalue weighted by atomic mass is 10.3. The number of rotatable bonds is 1. The second kappa shape index (κ2) is 3.15. The van der Waals surface area contributed by atoms with Gasteiger partial charge in [-0.15, -0.1) is 10.2 Å². The molecule has 0 unspecified atom stereocenters. The molecule has 0 saturated heterocycles. The van der Waals surface area contributed by atoms with Gasteiger partial charge in [0.15, 0.2) is 0 Å². The van der Waals surface area contributed by atoms with Crippen molar-refractivity contribution in [2.75, 3.05) is 11.6 Å². The smallest absolute Gasteiger partial charge is 0.241 e. The maximum Gasteiger partial charge on any atom is 0.241 e. The molecule has 2 aromatic rings. The van der Waals surface area contributed by atoms with Gasteiger partial charge in [0, 0.05) is 6.20 Å². The Labute approximate surface area is 84.5 Å². The summed E-state index contributed by atoms with van der Waals surface area (Å²) in [5.41, 5.74) is 5.99. The van der Waals surface area contributed by atoms with E-state index >= 15 is 0 Å². The Bertz CT molecular complexity index is 448. The quantitative estimate of drug-likeness (QED) is 0.660. The van der Waals surface area contributed by atoms with Crippen molar-refractivity contribution in [1.29, 1.82) is 0 Å². The van der Waals surface area contributed by atoms with Crippen LogP contribution >= 0.6 is 11.6 Å². The van der Waals surface area contributed by atoms with Crippen LogP contribution in [0.2, 0.25) is 5.02 Å². The highest BCUT2D eigenvalue weighted by Crippen LogP contribution is 2.16. The minimum Gasteiger partial charge on any atom is -0.366 e. The van der Waals surface area contributed by atoms with Gasteiger partial charge in [0.1, 0.15) is 5.69 Å². The van der Waals surface area contributed by atoms with Crippen LogP contribution in [0.5, 0.6) is 0 Å². The fourth-order valence-corrected chi connectivity index (χ4v) is 1.10. The summed E-state index contributed by atoms with van der Waals surface area (Å²) in [7, 11) is 0. The van der Waals surface area contributed by atoms with Crippen LogP contribution in [-0.2, 0) is 0 Å². The number of halogens is 1. The number of nitrogens with two attached hydrogens (primary N) is 2. The van der Waals surface area contributed by atoms with Crippen LogP contribution in [0.4, 0.5) is 5.95 Å². The predicted octanol–water partition coefficient (Wildman–Crippen LogP) is 0.289. The van der Waals surface area contributed by atoms with Gasteiger partial charge in [-0.1, -0.05) is 11.6 Å². The highest BCUT2D eigenvalue weighted by atomic mass is 35.5. The molecule has 0 saturated carbocycles. The highest BCUT2D eigenvalue weighted by molar-refractivity contribution is 6.30. The normalized spacial score (nSPS) is 10.4. The molecule has 14 heavy (non-hydrogen) atoms. The number of hydrogen-bond donors (Lipinski definition) is 2. The molecule has 0 atom stereocenters. The number of nitrogens with zero attached hydrogens (tertiary/aromatic N) is 4. The number of hydrogen-bond acceptors (Lipinski definition) is 5. The lowest BCUT2D eigenvalue weighted by Crippen LogP contribution is -2.13. The number of anilines is 1. The fraction of sp³-hybridized carbons (Fsp3) is 0. The van der Waals surface area contributed by atoms with E-state index in [4.69, 9.17) is 23.2 Å². The van der Waals surface area contributed by atoms with Crippen LogP contribution in [-0.4, -0.2) is 19.9 Å². The van der Waals surface area contributed by atoms with Gasteiger partial charge >= 0.3 is 0 Å². The van der Waals surface area contributed by atoms with E-state index in [1.54, 1.807) is 12.1 Å². The van der Waals surface area contributed by atoms with Gasteiger partial charge < -0.3 is 11.6 Å². The van der Waals surface area contributed by atoms with Gasteiger partial charge in [-0.05, 0) is 12.1 Å². The third-order valence-electron chi connectivity index (χ3n) is 1.68. The van der Waals surface area contributed by atoms with Crippen LogP contribution in [0.25, 0.3) is 11.5 Å². The van der Waals surface area contributed by atoms with E-state index in [0.717, 1.165) is 4.68 Å². The predicted molar refractivity (Wildman–Crippen MR) is 52.8 cm³/mol. The molecule has 0 aliphatic rings. The monoisotopic (exact) mass is 210 g/mol. The third-order valence-corrected chi connectivity index (χ3v) is 1.90. The van der Waals surface area contributed by atoms with Gasteiger partial charge in [-0.2, -0.15) is 0 Å². The molecule has 0 spiro atoms. The Morgan fingerprint density at radius 1 is 1.29 bits per heavy atom. The van der Waals surface area contributed by atoms with Crippen molar-refractivity contribution < 1.29 is 0 Å². The first-order valence-corrected chi connectivity index (χ1v) is 4.14. The van der Waals surface area contributed by atoms with E-state index in [0.29, 0.717) is 16.5 Å². The number of pyridine rings is 1. The summed E-state index contributed by atoms with van der Waals surface area (Å²) in [5.74, 6) is 6.10. The van der Waals surface area contributed by atoms with Gasteiger partial charge in [-0.25, -0.2) is 4.68 Å². The summed E-state index contributed by atoms with van der Waals surface area (Å²) >= 11 is 5.68. The summed E-state index contributed by atoms with van der Waals surface area (Å²) in [6.45, 7) is 0. The Balaban J connectivity index is 2.49. The Hall–Kier alpha value is -1.82. The summed E-state index contributed by atoms with van der Waals surface area (Å²) in [5, 5.41) is 7.93. The summed E-state index contributed by atoms with van der Waals surface area (Å²) in [4.78, 5) is 4.03. The third kappa shape index (κ3) is 1.35. The van der Waals surface area contributed by atoms with Gasteiger partial charge in [0.25, 0.3) is 0 Å². The first kappa shape index (κ1) is 8.76. The Morgan fingerprint density at radius 3 is 2.57 bits per heavy atom.